The highest BCUT2D eigenvalue weighted by Gasteiger charge is 2.63. The van der Waals surface area contributed by atoms with Crippen LogP contribution in [-0.4, -0.2) is 36.6 Å². The van der Waals surface area contributed by atoms with Gasteiger partial charge in [-0.3, -0.25) is 4.79 Å². The molecule has 128 valence electrons. The smallest absolute Gasteiger partial charge is 0.192 e. The second-order valence-corrected chi connectivity index (χ2v) is 13.2. The first kappa shape index (κ1) is 17.0. The molecule has 4 rings (SSSR count). The lowest BCUT2D eigenvalue weighted by Gasteiger charge is -2.45. The Morgan fingerprint density at radius 3 is 1.84 bits per heavy atom. The highest BCUT2D eigenvalue weighted by molar-refractivity contribution is 8.23. The summed E-state index contributed by atoms with van der Waals surface area (Å²) in [4.78, 5) is 13.4. The van der Waals surface area contributed by atoms with Crippen LogP contribution >= 0.6 is 23.5 Å². The first-order valence-corrected chi connectivity index (χ1v) is 12.8. The van der Waals surface area contributed by atoms with E-state index in [1.165, 1.54) is 10.4 Å². The Labute approximate surface area is 158 Å². The van der Waals surface area contributed by atoms with E-state index in [1.54, 1.807) is 30.6 Å². The van der Waals surface area contributed by atoms with Crippen LogP contribution < -0.4 is 10.4 Å². The fourth-order valence-corrected chi connectivity index (χ4v) is 11.4. The van der Waals surface area contributed by atoms with Gasteiger partial charge in [0.25, 0.3) is 0 Å². The fraction of sp³-hybridized carbons (Fsp3) is 0.250. The molecule has 0 N–H and O–H groups in total. The summed E-state index contributed by atoms with van der Waals surface area (Å²) in [6, 6.07) is 21.0. The second kappa shape index (κ2) is 6.38. The molecule has 1 aliphatic carbocycles. The first-order chi connectivity index (χ1) is 12.1. The van der Waals surface area contributed by atoms with Crippen LogP contribution in [0.25, 0.3) is 0 Å². The normalized spacial score (nSPS) is 19.2. The molecule has 0 amide bonds. The summed E-state index contributed by atoms with van der Waals surface area (Å²) in [5.41, 5.74) is 0. The minimum Gasteiger partial charge on any atom is -0.498 e. The maximum absolute atomic E-state index is 13.4. The average Bonchev–Trinajstić information content (AvgIpc) is 3.19. The molecule has 2 aromatic carbocycles. The molecule has 25 heavy (non-hydrogen) atoms. The van der Waals surface area contributed by atoms with Gasteiger partial charge in [0.1, 0.15) is 5.76 Å². The number of hydrogen-bond donors (Lipinski definition) is 0. The molecule has 0 unspecified atom stereocenters. The molecule has 1 aliphatic heterocycles. The lowest BCUT2D eigenvalue weighted by atomic mass is 10.0. The van der Waals surface area contributed by atoms with Gasteiger partial charge < -0.3 is 4.74 Å². The third-order valence-corrected chi connectivity index (χ3v) is 12.9. The predicted molar refractivity (Wildman–Crippen MR) is 110 cm³/mol. The molecule has 5 heteroatoms. The summed E-state index contributed by atoms with van der Waals surface area (Å²) in [5.74, 6) is 3.20. The molecule has 0 radical (unpaired) electrons. The topological polar surface area (TPSA) is 26.3 Å². The maximum atomic E-state index is 13.4. The van der Waals surface area contributed by atoms with Gasteiger partial charge in [0.05, 0.1) is 7.11 Å². The van der Waals surface area contributed by atoms with Gasteiger partial charge in [-0.15, -0.1) is 23.5 Å². The number of rotatable bonds is 4. The molecule has 2 aliphatic rings. The third-order valence-electron chi connectivity index (χ3n) is 5.15. The number of allylic oxidation sites excluding steroid dienone is 1. The van der Waals surface area contributed by atoms with E-state index < -0.39 is 12.2 Å². The van der Waals surface area contributed by atoms with E-state index in [2.05, 4.69) is 55.1 Å². The number of methoxy groups -OCH3 is 1. The van der Waals surface area contributed by atoms with Crippen molar-refractivity contribution in [3.63, 3.8) is 0 Å². The number of Topliss-reactive ketones (excluding diaryl/α,β-unsaturated/α-hetero) is 1. The summed E-state index contributed by atoms with van der Waals surface area (Å²) in [6.07, 6.45) is 0. The van der Waals surface area contributed by atoms with E-state index in [1.807, 2.05) is 12.1 Å². The SMILES string of the molecule is COC1=C([Si](C)(c2ccccc2)c2ccccc2)C(=O)C12SCCS2. The predicted octanol–water partition coefficient (Wildman–Crippen LogP) is 3.08. The Hall–Kier alpha value is -1.43. The Morgan fingerprint density at radius 2 is 1.40 bits per heavy atom. The molecule has 2 aromatic rings. The van der Waals surface area contributed by atoms with Crippen molar-refractivity contribution in [1.29, 1.82) is 0 Å². The Balaban J connectivity index is 1.95. The van der Waals surface area contributed by atoms with Crippen molar-refractivity contribution in [1.82, 2.24) is 0 Å². The zero-order chi connectivity index (χ0) is 17.5. The van der Waals surface area contributed by atoms with E-state index in [0.717, 1.165) is 22.5 Å². The summed E-state index contributed by atoms with van der Waals surface area (Å²) >= 11 is 3.47. The number of benzene rings is 2. The van der Waals surface area contributed by atoms with Crippen LogP contribution in [0.1, 0.15) is 0 Å². The highest BCUT2D eigenvalue weighted by Crippen LogP contribution is 2.59. The van der Waals surface area contributed by atoms with Crippen molar-refractivity contribution in [3.8, 4) is 0 Å². The number of ether oxygens (including phenoxy) is 1. The van der Waals surface area contributed by atoms with Gasteiger partial charge >= 0.3 is 0 Å². The minimum atomic E-state index is -2.38. The summed E-state index contributed by atoms with van der Waals surface area (Å²) < 4.78 is 5.36. The van der Waals surface area contributed by atoms with Crippen molar-refractivity contribution >= 4 is 47.8 Å². The average molecular weight is 385 g/mol. The molecule has 0 aromatic heterocycles. The molecule has 1 heterocycles. The number of carbonyl (C=O) groups is 1. The molecule has 0 saturated carbocycles. The van der Waals surface area contributed by atoms with E-state index in [-0.39, 0.29) is 5.78 Å². The standard InChI is InChI=1S/C20H20O2S2Si/c1-22-19-17(18(21)20(19)23-13-14-24-20)25(2,15-9-5-3-6-10-15)16-11-7-4-8-12-16/h3-12H,13-14H2,1-2H3. The number of carbonyl (C=O) groups excluding carboxylic acids is 1. The molecule has 0 atom stereocenters. The maximum Gasteiger partial charge on any atom is 0.192 e. The van der Waals surface area contributed by atoms with Gasteiger partial charge in [0.15, 0.2) is 17.9 Å². The monoisotopic (exact) mass is 384 g/mol. The molecule has 1 fully saturated rings. The largest absolute Gasteiger partial charge is 0.498 e. The highest BCUT2D eigenvalue weighted by atomic mass is 32.2. The van der Waals surface area contributed by atoms with E-state index >= 15 is 0 Å². The van der Waals surface area contributed by atoms with Crippen LogP contribution in [0.15, 0.2) is 71.6 Å². The van der Waals surface area contributed by atoms with Crippen LogP contribution in [0.4, 0.5) is 0 Å². The van der Waals surface area contributed by atoms with Gasteiger partial charge in [-0.2, -0.15) is 0 Å². The van der Waals surface area contributed by atoms with Gasteiger partial charge in [0, 0.05) is 16.7 Å². The van der Waals surface area contributed by atoms with Crippen molar-refractivity contribution in [2.24, 2.45) is 0 Å². The summed E-state index contributed by atoms with van der Waals surface area (Å²) in [5, 5.41) is 3.44. The van der Waals surface area contributed by atoms with Crippen LogP contribution in [0.2, 0.25) is 6.55 Å². The lowest BCUT2D eigenvalue weighted by molar-refractivity contribution is -0.117. The number of thioether (sulfide) groups is 2. The summed E-state index contributed by atoms with van der Waals surface area (Å²) in [6.45, 7) is 2.28. The zero-order valence-electron chi connectivity index (χ0n) is 14.3. The van der Waals surface area contributed by atoms with E-state index in [0.29, 0.717) is 0 Å². The molecule has 2 nitrogen and oxygen atoms in total. The number of hydrogen-bond acceptors (Lipinski definition) is 4. The number of ketones is 1. The fourth-order valence-electron chi connectivity index (χ4n) is 3.84. The quantitative estimate of drug-likeness (QED) is 0.757. The van der Waals surface area contributed by atoms with Gasteiger partial charge in [-0.05, 0) is 10.4 Å². The molecular formula is C20H20O2S2Si. The van der Waals surface area contributed by atoms with Crippen LogP contribution in [0.3, 0.4) is 0 Å². The van der Waals surface area contributed by atoms with Crippen molar-refractivity contribution in [3.05, 3.63) is 71.6 Å². The minimum absolute atomic E-state index is 0.277. The van der Waals surface area contributed by atoms with Crippen LogP contribution in [0.5, 0.6) is 0 Å². The molecular weight excluding hydrogens is 364 g/mol. The second-order valence-electron chi connectivity index (χ2n) is 6.41. The first-order valence-electron chi connectivity index (χ1n) is 8.37. The Bertz CT molecular complexity index is 788. The van der Waals surface area contributed by atoms with E-state index in [4.69, 9.17) is 4.74 Å². The lowest BCUT2D eigenvalue weighted by Crippen LogP contribution is -2.65. The van der Waals surface area contributed by atoms with Crippen molar-refractivity contribution in [2.45, 2.75) is 10.6 Å². The Kier molecular flexibility index (Phi) is 4.34. The van der Waals surface area contributed by atoms with Crippen LogP contribution in [-0.2, 0) is 9.53 Å². The molecule has 1 saturated heterocycles. The summed E-state index contributed by atoms with van der Waals surface area (Å²) in [7, 11) is -0.664. The van der Waals surface area contributed by atoms with Gasteiger partial charge in [-0.1, -0.05) is 67.2 Å². The third kappa shape index (κ3) is 2.36. The van der Waals surface area contributed by atoms with Gasteiger partial charge in [-0.25, -0.2) is 0 Å². The van der Waals surface area contributed by atoms with E-state index in [9.17, 15) is 4.79 Å². The Morgan fingerprint density at radius 1 is 0.920 bits per heavy atom. The van der Waals surface area contributed by atoms with Crippen LogP contribution in [0, 0.1) is 0 Å². The van der Waals surface area contributed by atoms with Gasteiger partial charge in [0.2, 0.25) is 0 Å². The zero-order valence-corrected chi connectivity index (χ0v) is 17.0. The van der Waals surface area contributed by atoms with Crippen molar-refractivity contribution in [2.75, 3.05) is 18.6 Å². The van der Waals surface area contributed by atoms with Crippen molar-refractivity contribution < 1.29 is 9.53 Å². The molecule has 1 spiro atoms. The molecule has 0 bridgehead atoms.